The van der Waals surface area contributed by atoms with Crippen molar-refractivity contribution in [1.82, 2.24) is 4.90 Å². The van der Waals surface area contributed by atoms with E-state index < -0.39 is 0 Å². The lowest BCUT2D eigenvalue weighted by Gasteiger charge is -2.42. The number of rotatable bonds is 1. The third-order valence-corrected chi connectivity index (χ3v) is 1.97. The minimum Gasteiger partial charge on any atom is -0.459 e. The smallest absolute Gasteiger partial charge is 0.0182 e. The van der Waals surface area contributed by atoms with Crippen LogP contribution in [0.4, 0.5) is 0 Å². The van der Waals surface area contributed by atoms with E-state index in [9.17, 15) is 0 Å². The van der Waals surface area contributed by atoms with Gasteiger partial charge in [0.15, 0.2) is 0 Å². The standard InChI is InChI=1S/C7H14N/c1-6-4-7(5-6)8(2)3/h6-7H,2,4-5H2,1,3H3/q-1. The van der Waals surface area contributed by atoms with Gasteiger partial charge in [0.2, 0.25) is 0 Å². The largest absolute Gasteiger partial charge is 0.459 e. The normalized spacial score (nSPS) is 37.5. The first kappa shape index (κ1) is 6.09. The van der Waals surface area contributed by atoms with Crippen LogP contribution >= 0.6 is 0 Å². The van der Waals surface area contributed by atoms with Crippen LogP contribution in [-0.4, -0.2) is 18.0 Å². The molecular formula is C7H14N-. The van der Waals surface area contributed by atoms with E-state index in [0.29, 0.717) is 0 Å². The lowest BCUT2D eigenvalue weighted by Crippen LogP contribution is -2.37. The monoisotopic (exact) mass is 112 g/mol. The zero-order valence-corrected chi connectivity index (χ0v) is 5.72. The van der Waals surface area contributed by atoms with E-state index in [-0.39, 0.29) is 0 Å². The summed E-state index contributed by atoms with van der Waals surface area (Å²) in [4.78, 5) is 2.07. The van der Waals surface area contributed by atoms with Crippen molar-refractivity contribution in [2.75, 3.05) is 7.05 Å². The van der Waals surface area contributed by atoms with Gasteiger partial charge in [-0.3, -0.25) is 7.05 Å². The van der Waals surface area contributed by atoms with E-state index in [1.165, 1.54) is 12.8 Å². The number of nitrogens with zero attached hydrogens (tertiary/aromatic N) is 1. The van der Waals surface area contributed by atoms with Crippen molar-refractivity contribution < 1.29 is 0 Å². The third-order valence-electron chi connectivity index (χ3n) is 1.97. The van der Waals surface area contributed by atoms with Crippen LogP contribution in [0.3, 0.4) is 0 Å². The van der Waals surface area contributed by atoms with Gasteiger partial charge < -0.3 is 4.90 Å². The average Bonchev–Trinajstić information content (AvgIpc) is 1.57. The van der Waals surface area contributed by atoms with Crippen molar-refractivity contribution in [3.05, 3.63) is 7.05 Å². The molecule has 0 bridgehead atoms. The Labute approximate surface area is 51.7 Å². The molecule has 1 saturated carbocycles. The first-order chi connectivity index (χ1) is 3.70. The van der Waals surface area contributed by atoms with E-state index in [0.717, 1.165) is 12.0 Å². The highest BCUT2D eigenvalue weighted by Gasteiger charge is 2.23. The van der Waals surface area contributed by atoms with Gasteiger partial charge in [-0.15, -0.1) is 0 Å². The lowest BCUT2D eigenvalue weighted by atomic mass is 9.81. The molecule has 0 radical (unpaired) electrons. The van der Waals surface area contributed by atoms with Crippen molar-refractivity contribution >= 4 is 0 Å². The van der Waals surface area contributed by atoms with E-state index in [2.05, 4.69) is 25.9 Å². The summed E-state index contributed by atoms with van der Waals surface area (Å²) in [6, 6.07) is 0.782. The molecule has 1 rings (SSSR count). The van der Waals surface area contributed by atoms with Gasteiger partial charge in [0, 0.05) is 0 Å². The molecule has 1 nitrogen and oxygen atoms in total. The van der Waals surface area contributed by atoms with E-state index in [4.69, 9.17) is 0 Å². The van der Waals surface area contributed by atoms with Gasteiger partial charge in [-0.1, -0.05) is 6.92 Å². The highest BCUT2D eigenvalue weighted by atomic mass is 15.1. The second-order valence-corrected chi connectivity index (χ2v) is 2.99. The van der Waals surface area contributed by atoms with Crippen LogP contribution in [0.1, 0.15) is 19.8 Å². The molecule has 1 aliphatic carbocycles. The summed E-state index contributed by atoms with van der Waals surface area (Å²) in [5.74, 6) is 0.948. The van der Waals surface area contributed by atoms with Gasteiger partial charge in [-0.2, -0.15) is 0 Å². The molecule has 1 aliphatic rings. The molecule has 48 valence electrons. The fourth-order valence-electron chi connectivity index (χ4n) is 1.22. The van der Waals surface area contributed by atoms with E-state index >= 15 is 0 Å². The first-order valence-corrected chi connectivity index (χ1v) is 3.23. The Balaban J connectivity index is 2.15. The zero-order valence-electron chi connectivity index (χ0n) is 5.72. The molecule has 1 heteroatoms. The maximum Gasteiger partial charge on any atom is -0.0182 e. The Kier molecular flexibility index (Phi) is 1.57. The molecule has 0 amide bonds. The predicted molar refractivity (Wildman–Crippen MR) is 35.3 cm³/mol. The predicted octanol–water partition coefficient (Wildman–Crippen LogP) is 1.51. The summed E-state index contributed by atoms with van der Waals surface area (Å²) in [7, 11) is 5.88. The minimum atomic E-state index is 0.782. The number of hydrogen-bond donors (Lipinski definition) is 0. The molecule has 0 aliphatic heterocycles. The average molecular weight is 112 g/mol. The molecule has 0 aromatic rings. The highest BCUT2D eigenvalue weighted by molar-refractivity contribution is 4.82. The van der Waals surface area contributed by atoms with Crippen molar-refractivity contribution in [2.24, 2.45) is 5.92 Å². The molecule has 0 aromatic heterocycles. The van der Waals surface area contributed by atoms with Crippen molar-refractivity contribution in [3.63, 3.8) is 0 Å². The lowest BCUT2D eigenvalue weighted by molar-refractivity contribution is 0.150. The maximum absolute atomic E-state index is 3.83. The third kappa shape index (κ3) is 1.03. The highest BCUT2D eigenvalue weighted by Crippen LogP contribution is 2.29. The second-order valence-electron chi connectivity index (χ2n) is 2.99. The molecule has 0 saturated heterocycles. The quantitative estimate of drug-likeness (QED) is 0.465. The van der Waals surface area contributed by atoms with Crippen LogP contribution in [0.2, 0.25) is 0 Å². The molecule has 0 N–H and O–H groups in total. The SMILES string of the molecule is [CH2-]N(C)C1CC(C)C1. The Bertz CT molecular complexity index is 72.5. The number of hydrogen-bond acceptors (Lipinski definition) is 1. The summed E-state index contributed by atoms with van der Waals surface area (Å²) in [5, 5.41) is 0. The van der Waals surface area contributed by atoms with E-state index in [1.54, 1.807) is 0 Å². The van der Waals surface area contributed by atoms with Gasteiger partial charge in [-0.05, 0) is 31.8 Å². The fourth-order valence-corrected chi connectivity index (χ4v) is 1.22. The Morgan fingerprint density at radius 3 is 2.12 bits per heavy atom. The molecule has 0 heterocycles. The molecule has 8 heavy (non-hydrogen) atoms. The summed E-state index contributed by atoms with van der Waals surface area (Å²) in [6.07, 6.45) is 2.69. The van der Waals surface area contributed by atoms with Gasteiger partial charge in [0.05, 0.1) is 0 Å². The molecule has 0 aromatic carbocycles. The summed E-state index contributed by atoms with van der Waals surface area (Å²) >= 11 is 0. The first-order valence-electron chi connectivity index (χ1n) is 3.23. The van der Waals surface area contributed by atoms with Crippen molar-refractivity contribution in [3.8, 4) is 0 Å². The zero-order chi connectivity index (χ0) is 6.15. The molecule has 0 unspecified atom stereocenters. The molecular weight excluding hydrogens is 98.1 g/mol. The van der Waals surface area contributed by atoms with Gasteiger partial charge in [0.1, 0.15) is 0 Å². The van der Waals surface area contributed by atoms with Crippen LogP contribution in [0.5, 0.6) is 0 Å². The van der Waals surface area contributed by atoms with E-state index in [1.807, 2.05) is 0 Å². The van der Waals surface area contributed by atoms with Crippen LogP contribution in [-0.2, 0) is 0 Å². The summed E-state index contributed by atoms with van der Waals surface area (Å²) in [6.45, 7) is 2.29. The van der Waals surface area contributed by atoms with Crippen molar-refractivity contribution in [2.45, 2.75) is 25.8 Å². The van der Waals surface area contributed by atoms with Crippen LogP contribution in [0.25, 0.3) is 0 Å². The molecule has 0 atom stereocenters. The second kappa shape index (κ2) is 2.06. The topological polar surface area (TPSA) is 3.24 Å². The molecule has 0 spiro atoms. The van der Waals surface area contributed by atoms with Crippen LogP contribution in [0.15, 0.2) is 0 Å². The molecule has 1 fully saturated rings. The summed E-state index contributed by atoms with van der Waals surface area (Å²) < 4.78 is 0. The maximum atomic E-state index is 3.83. The van der Waals surface area contributed by atoms with Gasteiger partial charge in [-0.25, -0.2) is 0 Å². The van der Waals surface area contributed by atoms with Crippen LogP contribution in [0, 0.1) is 13.0 Å². The Morgan fingerprint density at radius 1 is 1.50 bits per heavy atom. The van der Waals surface area contributed by atoms with Crippen LogP contribution < -0.4 is 0 Å². The summed E-state index contributed by atoms with van der Waals surface area (Å²) in [5.41, 5.74) is 0. The Hall–Kier alpha value is -0.0400. The Morgan fingerprint density at radius 2 is 2.00 bits per heavy atom. The van der Waals surface area contributed by atoms with Gasteiger partial charge in [0.25, 0.3) is 0 Å². The van der Waals surface area contributed by atoms with Crippen molar-refractivity contribution in [1.29, 1.82) is 0 Å². The minimum absolute atomic E-state index is 0.782. The fraction of sp³-hybridized carbons (Fsp3) is 0.857. The van der Waals surface area contributed by atoms with Gasteiger partial charge >= 0.3 is 0 Å².